The SMILES string of the molecule is C1C[C@@H]2CC[C@@H]3CCC[C@@H]4CC[C@H](C1)C2=C43. The van der Waals surface area contributed by atoms with Gasteiger partial charge in [0.05, 0.1) is 0 Å². The van der Waals surface area contributed by atoms with E-state index in [1.54, 1.807) is 25.7 Å². The van der Waals surface area contributed by atoms with E-state index in [0.717, 1.165) is 23.7 Å². The molecule has 0 aromatic rings. The van der Waals surface area contributed by atoms with Crippen molar-refractivity contribution >= 4 is 0 Å². The zero-order valence-electron chi connectivity index (χ0n) is 10.4. The second kappa shape index (κ2) is 3.62. The van der Waals surface area contributed by atoms with Crippen LogP contribution in [0.2, 0.25) is 0 Å². The third kappa shape index (κ3) is 1.28. The van der Waals surface area contributed by atoms with Crippen LogP contribution in [0, 0.1) is 23.7 Å². The molecule has 0 aliphatic heterocycles. The summed E-state index contributed by atoms with van der Waals surface area (Å²) in [6, 6.07) is 0. The van der Waals surface area contributed by atoms with Crippen molar-refractivity contribution in [2.45, 2.75) is 64.2 Å². The van der Waals surface area contributed by atoms with Crippen molar-refractivity contribution < 1.29 is 0 Å². The maximum Gasteiger partial charge on any atom is -0.0197 e. The first-order valence-corrected chi connectivity index (χ1v) is 7.67. The van der Waals surface area contributed by atoms with Crippen molar-refractivity contribution in [3.8, 4) is 0 Å². The molecule has 2 fully saturated rings. The normalized spacial score (nSPS) is 46.5. The van der Waals surface area contributed by atoms with Crippen molar-refractivity contribution in [2.24, 2.45) is 23.7 Å². The maximum atomic E-state index is 2.04. The summed E-state index contributed by atoms with van der Waals surface area (Å²) >= 11 is 0. The summed E-state index contributed by atoms with van der Waals surface area (Å²) in [7, 11) is 0. The van der Waals surface area contributed by atoms with Crippen LogP contribution in [0.1, 0.15) is 64.2 Å². The standard InChI is InChI=1S/C16H24/c1-3-11-7-9-13-5-2-6-14-10-8-12(4-1)15(11)16(13)14/h11-14H,1-10H2/t11-,12+,13+,14-. The largest absolute Gasteiger partial charge is 0.0642 e. The molecule has 4 rings (SSSR count). The topological polar surface area (TPSA) is 0 Å². The van der Waals surface area contributed by atoms with Crippen LogP contribution in [0.25, 0.3) is 0 Å². The molecule has 0 aromatic carbocycles. The molecule has 0 radical (unpaired) electrons. The molecule has 4 aliphatic carbocycles. The maximum absolute atomic E-state index is 2.04. The lowest BCUT2D eigenvalue weighted by atomic mass is 9.56. The molecular weight excluding hydrogens is 192 g/mol. The molecule has 4 aliphatic rings. The molecule has 4 atom stereocenters. The van der Waals surface area contributed by atoms with Crippen molar-refractivity contribution in [3.63, 3.8) is 0 Å². The molecule has 0 N–H and O–H groups in total. The summed E-state index contributed by atoms with van der Waals surface area (Å²) < 4.78 is 0. The highest BCUT2D eigenvalue weighted by molar-refractivity contribution is 5.32. The average molecular weight is 216 g/mol. The average Bonchev–Trinajstić information content (AvgIpc) is 2.36. The number of hydrogen-bond acceptors (Lipinski definition) is 0. The van der Waals surface area contributed by atoms with Crippen molar-refractivity contribution in [3.05, 3.63) is 11.1 Å². The Morgan fingerprint density at radius 2 is 0.750 bits per heavy atom. The molecule has 0 saturated heterocycles. The van der Waals surface area contributed by atoms with Crippen molar-refractivity contribution in [1.29, 1.82) is 0 Å². The van der Waals surface area contributed by atoms with Crippen LogP contribution in [0.5, 0.6) is 0 Å². The van der Waals surface area contributed by atoms with E-state index in [1.165, 1.54) is 38.5 Å². The van der Waals surface area contributed by atoms with Gasteiger partial charge in [0.2, 0.25) is 0 Å². The first-order valence-electron chi connectivity index (χ1n) is 7.67. The van der Waals surface area contributed by atoms with Gasteiger partial charge in [0.15, 0.2) is 0 Å². The van der Waals surface area contributed by atoms with Crippen LogP contribution in [0.4, 0.5) is 0 Å². The van der Waals surface area contributed by atoms with Crippen LogP contribution in [0.15, 0.2) is 11.1 Å². The quantitative estimate of drug-likeness (QED) is 0.515. The second-order valence-corrected chi connectivity index (χ2v) is 6.71. The summed E-state index contributed by atoms with van der Waals surface area (Å²) in [5.41, 5.74) is 4.08. The summed E-state index contributed by atoms with van der Waals surface area (Å²) in [6.07, 6.45) is 15.4. The fourth-order valence-electron chi connectivity index (χ4n) is 5.46. The highest BCUT2D eigenvalue weighted by atomic mass is 14.5. The molecule has 0 heterocycles. The smallest absolute Gasteiger partial charge is 0.0197 e. The van der Waals surface area contributed by atoms with Gasteiger partial charge in [-0.3, -0.25) is 0 Å². The first-order chi connectivity index (χ1) is 7.93. The zero-order chi connectivity index (χ0) is 10.5. The van der Waals surface area contributed by atoms with E-state index in [4.69, 9.17) is 0 Å². The summed E-state index contributed by atoms with van der Waals surface area (Å²) in [4.78, 5) is 0. The molecule has 0 bridgehead atoms. The van der Waals surface area contributed by atoms with Crippen LogP contribution in [0.3, 0.4) is 0 Å². The molecule has 0 spiro atoms. The van der Waals surface area contributed by atoms with Crippen molar-refractivity contribution in [1.82, 2.24) is 0 Å². The number of hydrogen-bond donors (Lipinski definition) is 0. The highest BCUT2D eigenvalue weighted by Crippen LogP contribution is 2.55. The molecule has 16 heavy (non-hydrogen) atoms. The minimum Gasteiger partial charge on any atom is -0.0642 e. The second-order valence-electron chi connectivity index (χ2n) is 6.71. The first kappa shape index (κ1) is 9.74. The predicted molar refractivity (Wildman–Crippen MR) is 67.2 cm³/mol. The van der Waals surface area contributed by atoms with Gasteiger partial charge in [0.25, 0.3) is 0 Å². The number of rotatable bonds is 0. The van der Waals surface area contributed by atoms with Gasteiger partial charge in [0, 0.05) is 0 Å². The lowest BCUT2D eigenvalue weighted by Gasteiger charge is -2.49. The van der Waals surface area contributed by atoms with E-state index in [1.807, 2.05) is 11.1 Å². The Balaban J connectivity index is 1.81. The lowest BCUT2D eigenvalue weighted by molar-refractivity contribution is 0.202. The van der Waals surface area contributed by atoms with E-state index in [9.17, 15) is 0 Å². The van der Waals surface area contributed by atoms with E-state index in [0.29, 0.717) is 0 Å². The fourth-order valence-corrected chi connectivity index (χ4v) is 5.46. The molecule has 0 amide bonds. The monoisotopic (exact) mass is 216 g/mol. The Hall–Kier alpha value is -0.260. The third-order valence-corrected chi connectivity index (χ3v) is 6.03. The molecule has 0 nitrogen and oxygen atoms in total. The molecule has 0 aromatic heterocycles. The highest BCUT2D eigenvalue weighted by Gasteiger charge is 2.42. The Morgan fingerprint density at radius 1 is 0.438 bits per heavy atom. The molecule has 0 unspecified atom stereocenters. The van der Waals surface area contributed by atoms with E-state index in [-0.39, 0.29) is 0 Å². The van der Waals surface area contributed by atoms with Gasteiger partial charge in [-0.1, -0.05) is 24.0 Å². The van der Waals surface area contributed by atoms with Crippen LogP contribution in [-0.4, -0.2) is 0 Å². The van der Waals surface area contributed by atoms with Gasteiger partial charge in [-0.05, 0) is 75.0 Å². The lowest BCUT2D eigenvalue weighted by Crippen LogP contribution is -2.36. The van der Waals surface area contributed by atoms with Gasteiger partial charge >= 0.3 is 0 Å². The zero-order valence-corrected chi connectivity index (χ0v) is 10.4. The van der Waals surface area contributed by atoms with Gasteiger partial charge in [-0.25, -0.2) is 0 Å². The van der Waals surface area contributed by atoms with Crippen LogP contribution < -0.4 is 0 Å². The third-order valence-electron chi connectivity index (χ3n) is 6.03. The Bertz CT molecular complexity index is 265. The Morgan fingerprint density at radius 3 is 1.06 bits per heavy atom. The molecular formula is C16H24. The molecule has 0 heteroatoms. The minimum atomic E-state index is 1.05. The number of allylic oxidation sites excluding steroid dienone is 2. The Kier molecular flexibility index (Phi) is 2.20. The predicted octanol–water partition coefficient (Wildman–Crippen LogP) is 4.70. The van der Waals surface area contributed by atoms with E-state index in [2.05, 4.69) is 0 Å². The van der Waals surface area contributed by atoms with Crippen LogP contribution >= 0.6 is 0 Å². The van der Waals surface area contributed by atoms with Gasteiger partial charge in [-0.15, -0.1) is 0 Å². The molecule has 2 saturated carbocycles. The summed E-state index contributed by atoms with van der Waals surface area (Å²) in [5.74, 6) is 4.19. The fraction of sp³-hybridized carbons (Fsp3) is 0.875. The van der Waals surface area contributed by atoms with Crippen molar-refractivity contribution in [2.75, 3.05) is 0 Å². The minimum absolute atomic E-state index is 1.05. The van der Waals surface area contributed by atoms with E-state index >= 15 is 0 Å². The Labute approximate surface area is 99.5 Å². The van der Waals surface area contributed by atoms with Gasteiger partial charge in [-0.2, -0.15) is 0 Å². The summed E-state index contributed by atoms with van der Waals surface area (Å²) in [6.45, 7) is 0. The van der Waals surface area contributed by atoms with Crippen LogP contribution in [-0.2, 0) is 0 Å². The van der Waals surface area contributed by atoms with Gasteiger partial charge in [0.1, 0.15) is 0 Å². The van der Waals surface area contributed by atoms with Gasteiger partial charge < -0.3 is 0 Å². The molecule has 88 valence electrons. The summed E-state index contributed by atoms with van der Waals surface area (Å²) in [5, 5.41) is 0. The van der Waals surface area contributed by atoms with E-state index < -0.39 is 0 Å².